The van der Waals surface area contributed by atoms with Gasteiger partial charge in [0.1, 0.15) is 0 Å². The van der Waals surface area contributed by atoms with Gasteiger partial charge in [0.2, 0.25) is 0 Å². The summed E-state index contributed by atoms with van der Waals surface area (Å²) in [7, 11) is 3.50. The second kappa shape index (κ2) is 5.02. The molecule has 0 atom stereocenters. The van der Waals surface area contributed by atoms with Crippen LogP contribution in [-0.2, 0) is 4.79 Å². The van der Waals surface area contributed by atoms with Crippen molar-refractivity contribution in [2.75, 3.05) is 20.1 Å². The molecule has 2 nitrogen and oxygen atoms in total. The number of nitrogens with zero attached hydrogens (tertiary/aromatic N) is 1. The first kappa shape index (κ1) is 16.4. The van der Waals surface area contributed by atoms with Gasteiger partial charge in [0.05, 0.1) is 4.75 Å². The number of carbonyl (C=O) groups excluding carboxylic acids is 1. The zero-order chi connectivity index (χ0) is 14.4. The molecule has 1 fully saturated rings. The van der Waals surface area contributed by atoms with Crippen molar-refractivity contribution >= 4 is 28.2 Å². The Bertz CT molecular complexity index is 319. The number of hydrogen-bond acceptors (Lipinski definition) is 4. The number of Topliss-reactive ketones (excluding diaryl/α,β-unsaturated/α-hetero) is 1. The Morgan fingerprint density at radius 2 is 1.61 bits per heavy atom. The Morgan fingerprint density at radius 3 is 1.94 bits per heavy atom. The fraction of sp³-hybridized carbons (Fsp3) is 0.929. The van der Waals surface area contributed by atoms with Gasteiger partial charge >= 0.3 is 0 Å². The van der Waals surface area contributed by atoms with Gasteiger partial charge in [-0.3, -0.25) is 4.79 Å². The van der Waals surface area contributed by atoms with Crippen LogP contribution >= 0.6 is 22.5 Å². The van der Waals surface area contributed by atoms with Crippen LogP contribution in [0.15, 0.2) is 0 Å². The van der Waals surface area contributed by atoms with Gasteiger partial charge in [0.25, 0.3) is 0 Å². The van der Waals surface area contributed by atoms with E-state index >= 15 is 0 Å². The van der Waals surface area contributed by atoms with Gasteiger partial charge in [-0.1, -0.05) is 38.5 Å². The number of carbonyl (C=O) groups is 1. The van der Waals surface area contributed by atoms with E-state index in [9.17, 15) is 4.79 Å². The van der Waals surface area contributed by atoms with Crippen molar-refractivity contribution in [3.63, 3.8) is 0 Å². The standard InChI is InChI=1S/C14H27NOS2/c1-12(2)8-15(7)9-13(3,4)10(12)11(16)14(5,6)18-17/h10,17H,8-9H2,1-7H3. The Morgan fingerprint density at radius 1 is 1.22 bits per heavy atom. The molecule has 0 amide bonds. The van der Waals surface area contributed by atoms with Crippen LogP contribution in [0.4, 0.5) is 0 Å². The minimum atomic E-state index is -0.418. The molecule has 4 heteroatoms. The fourth-order valence-corrected chi connectivity index (χ4v) is 4.27. The predicted octanol–water partition coefficient (Wildman–Crippen LogP) is 3.53. The first-order chi connectivity index (χ1) is 7.94. The van der Waals surface area contributed by atoms with E-state index in [0.717, 1.165) is 13.1 Å². The quantitative estimate of drug-likeness (QED) is 0.634. The SMILES string of the molecule is CN1CC(C)(C)C(C(=O)C(C)(C)SS)C(C)(C)C1. The number of likely N-dealkylation sites (tertiary alicyclic amines) is 1. The van der Waals surface area contributed by atoms with Crippen LogP contribution in [0.3, 0.4) is 0 Å². The zero-order valence-corrected chi connectivity index (χ0v) is 14.4. The molecule has 0 bridgehead atoms. The van der Waals surface area contributed by atoms with E-state index in [2.05, 4.69) is 51.3 Å². The number of hydrogen-bond donors (Lipinski definition) is 1. The minimum Gasteiger partial charge on any atom is -0.305 e. The molecule has 0 radical (unpaired) electrons. The first-order valence-electron chi connectivity index (χ1n) is 6.49. The van der Waals surface area contributed by atoms with Gasteiger partial charge in [0, 0.05) is 19.0 Å². The lowest BCUT2D eigenvalue weighted by Gasteiger charge is -2.53. The molecule has 0 unspecified atom stereocenters. The van der Waals surface area contributed by atoms with Crippen LogP contribution in [0.5, 0.6) is 0 Å². The molecular weight excluding hydrogens is 262 g/mol. The van der Waals surface area contributed by atoms with Gasteiger partial charge in [-0.25, -0.2) is 0 Å². The van der Waals surface area contributed by atoms with E-state index < -0.39 is 4.75 Å². The monoisotopic (exact) mass is 289 g/mol. The molecule has 0 N–H and O–H groups in total. The Labute approximate surface area is 121 Å². The van der Waals surface area contributed by atoms with Crippen molar-refractivity contribution in [1.82, 2.24) is 4.90 Å². The van der Waals surface area contributed by atoms with Crippen molar-refractivity contribution < 1.29 is 4.79 Å². The predicted molar refractivity (Wildman–Crippen MR) is 84.2 cm³/mol. The lowest BCUT2D eigenvalue weighted by atomic mass is 9.58. The summed E-state index contributed by atoms with van der Waals surface area (Å²) in [6.45, 7) is 14.8. The summed E-state index contributed by atoms with van der Waals surface area (Å²) in [5.74, 6) is 0.418. The molecule has 1 aliphatic heterocycles. The fourth-order valence-electron chi connectivity index (χ4n) is 3.79. The molecule has 1 saturated heterocycles. The molecule has 0 saturated carbocycles. The zero-order valence-electron chi connectivity index (χ0n) is 12.7. The van der Waals surface area contributed by atoms with Crippen LogP contribution in [0, 0.1) is 16.7 Å². The molecule has 0 aromatic carbocycles. The minimum absolute atomic E-state index is 0.00829. The third-order valence-electron chi connectivity index (χ3n) is 4.00. The maximum atomic E-state index is 12.9. The molecule has 0 aromatic rings. The summed E-state index contributed by atoms with van der Waals surface area (Å²) >= 11 is 4.28. The van der Waals surface area contributed by atoms with Gasteiger partial charge in [-0.15, -0.1) is 11.7 Å². The summed E-state index contributed by atoms with van der Waals surface area (Å²) in [6.07, 6.45) is 0. The number of piperidine rings is 1. The van der Waals surface area contributed by atoms with Gasteiger partial charge in [-0.2, -0.15) is 0 Å². The lowest BCUT2D eigenvalue weighted by Crippen LogP contribution is -2.59. The maximum absolute atomic E-state index is 12.9. The average molecular weight is 290 g/mol. The van der Waals surface area contributed by atoms with Crippen LogP contribution in [0.25, 0.3) is 0 Å². The molecular formula is C14H27NOS2. The molecule has 1 aliphatic rings. The van der Waals surface area contributed by atoms with Crippen LogP contribution in [-0.4, -0.2) is 35.6 Å². The van der Waals surface area contributed by atoms with E-state index in [1.165, 1.54) is 10.8 Å². The second-order valence-corrected chi connectivity index (χ2v) is 9.30. The highest BCUT2D eigenvalue weighted by Crippen LogP contribution is 2.49. The topological polar surface area (TPSA) is 20.3 Å². The summed E-state index contributed by atoms with van der Waals surface area (Å²) in [6, 6.07) is 0. The Balaban J connectivity index is 3.14. The summed E-state index contributed by atoms with van der Waals surface area (Å²) in [5, 5.41) is 0. The molecule has 1 rings (SSSR count). The Hall–Kier alpha value is 0.330. The van der Waals surface area contributed by atoms with E-state index in [-0.39, 0.29) is 16.7 Å². The lowest BCUT2D eigenvalue weighted by molar-refractivity contribution is -0.139. The van der Waals surface area contributed by atoms with E-state index in [1.807, 2.05) is 13.8 Å². The molecule has 0 spiro atoms. The summed E-state index contributed by atoms with van der Waals surface area (Å²) in [5.41, 5.74) is 0.0166. The van der Waals surface area contributed by atoms with Crippen molar-refractivity contribution in [2.45, 2.75) is 46.3 Å². The van der Waals surface area contributed by atoms with E-state index in [4.69, 9.17) is 0 Å². The van der Waals surface area contributed by atoms with Gasteiger partial charge < -0.3 is 4.90 Å². The maximum Gasteiger partial charge on any atom is 0.153 e. The van der Waals surface area contributed by atoms with Crippen LogP contribution in [0.1, 0.15) is 41.5 Å². The van der Waals surface area contributed by atoms with Crippen molar-refractivity contribution in [2.24, 2.45) is 16.7 Å². The smallest absolute Gasteiger partial charge is 0.153 e. The molecule has 106 valence electrons. The molecule has 0 aromatic heterocycles. The first-order valence-corrected chi connectivity index (χ1v) is 8.36. The number of ketones is 1. The largest absolute Gasteiger partial charge is 0.305 e. The number of rotatable bonds is 3. The van der Waals surface area contributed by atoms with Crippen LogP contribution in [0.2, 0.25) is 0 Å². The Kier molecular flexibility index (Phi) is 4.57. The van der Waals surface area contributed by atoms with E-state index in [0.29, 0.717) is 5.78 Å². The second-order valence-electron chi connectivity index (χ2n) is 7.55. The van der Waals surface area contributed by atoms with Crippen LogP contribution < -0.4 is 0 Å². The number of thiol groups is 1. The molecule has 18 heavy (non-hydrogen) atoms. The molecule has 0 aliphatic carbocycles. The van der Waals surface area contributed by atoms with Gasteiger partial charge in [-0.05, 0) is 31.7 Å². The summed E-state index contributed by atoms with van der Waals surface area (Å²) in [4.78, 5) is 15.2. The third-order valence-corrected chi connectivity index (χ3v) is 6.03. The summed E-state index contributed by atoms with van der Waals surface area (Å²) < 4.78 is -0.418. The highest BCUT2D eigenvalue weighted by Gasteiger charge is 2.52. The highest BCUT2D eigenvalue weighted by atomic mass is 33.1. The van der Waals surface area contributed by atoms with E-state index in [1.54, 1.807) is 0 Å². The molecule has 1 heterocycles. The van der Waals surface area contributed by atoms with Crippen molar-refractivity contribution in [1.29, 1.82) is 0 Å². The highest BCUT2D eigenvalue weighted by molar-refractivity contribution is 8.69. The van der Waals surface area contributed by atoms with Crippen molar-refractivity contribution in [3.8, 4) is 0 Å². The third kappa shape index (κ3) is 3.07. The average Bonchev–Trinajstić information content (AvgIpc) is 2.12. The van der Waals surface area contributed by atoms with Crippen molar-refractivity contribution in [3.05, 3.63) is 0 Å². The normalized spacial score (nSPS) is 25.1. The van der Waals surface area contributed by atoms with Gasteiger partial charge in [0.15, 0.2) is 5.78 Å².